The van der Waals surface area contributed by atoms with E-state index in [1.807, 2.05) is 6.92 Å². The molecule has 1 aliphatic heterocycles. The molecular formula is C12H17ClN4S2. The van der Waals surface area contributed by atoms with E-state index in [-0.39, 0.29) is 0 Å². The molecule has 1 saturated heterocycles. The number of thiocarbonyl (C=S) groups is 1. The van der Waals surface area contributed by atoms with Crippen molar-refractivity contribution in [1.29, 1.82) is 0 Å². The highest BCUT2D eigenvalue weighted by molar-refractivity contribution is 8.23. The average Bonchev–Trinajstić information content (AvgIpc) is 2.60. The second-order valence-electron chi connectivity index (χ2n) is 4.60. The third kappa shape index (κ3) is 3.30. The van der Waals surface area contributed by atoms with E-state index in [1.165, 1.54) is 0 Å². The lowest BCUT2D eigenvalue weighted by molar-refractivity contribution is 0.335. The topological polar surface area (TPSA) is 55.0 Å². The minimum absolute atomic E-state index is 0.358. The predicted molar refractivity (Wildman–Crippen MR) is 85.5 cm³/mol. The van der Waals surface area contributed by atoms with E-state index < -0.39 is 0 Å². The number of anilines is 1. The van der Waals surface area contributed by atoms with E-state index in [9.17, 15) is 0 Å². The molecule has 0 aromatic carbocycles. The predicted octanol–water partition coefficient (Wildman–Crippen LogP) is 2.59. The fraction of sp³-hybridized carbons (Fsp3) is 0.583. The lowest BCUT2D eigenvalue weighted by Crippen LogP contribution is -2.34. The maximum absolute atomic E-state index is 5.93. The Kier molecular flexibility index (Phi) is 4.86. The monoisotopic (exact) mass is 316 g/mol. The Bertz CT molecular complexity index is 483. The Morgan fingerprint density at radius 1 is 1.58 bits per heavy atom. The van der Waals surface area contributed by atoms with Crippen LogP contribution in [0.25, 0.3) is 0 Å². The quantitative estimate of drug-likeness (QED) is 0.680. The third-order valence-electron chi connectivity index (χ3n) is 3.27. The van der Waals surface area contributed by atoms with Crippen LogP contribution in [0.3, 0.4) is 0 Å². The van der Waals surface area contributed by atoms with Gasteiger partial charge in [-0.25, -0.2) is 9.97 Å². The van der Waals surface area contributed by atoms with Gasteiger partial charge < -0.3 is 10.6 Å². The maximum Gasteiger partial charge on any atom is 0.137 e. The van der Waals surface area contributed by atoms with Crippen molar-refractivity contribution >= 4 is 45.7 Å². The Hall–Kier alpha value is -0.590. The van der Waals surface area contributed by atoms with Crippen molar-refractivity contribution in [3.05, 3.63) is 17.6 Å². The molecule has 2 atom stereocenters. The molecule has 1 fully saturated rings. The van der Waals surface area contributed by atoms with Crippen LogP contribution in [0.2, 0.25) is 0 Å². The SMILES string of the molecule is Cc1ncc(CN2C(=S)SC(CCCl)C2C)c(N)n1. The van der Waals surface area contributed by atoms with Gasteiger partial charge in [0.1, 0.15) is 16.0 Å². The molecule has 2 unspecified atom stereocenters. The van der Waals surface area contributed by atoms with Gasteiger partial charge in [0.05, 0.1) is 0 Å². The van der Waals surface area contributed by atoms with Crippen LogP contribution in [0, 0.1) is 6.92 Å². The Morgan fingerprint density at radius 3 is 2.95 bits per heavy atom. The summed E-state index contributed by atoms with van der Waals surface area (Å²) in [6.07, 6.45) is 2.75. The molecule has 0 saturated carbocycles. The van der Waals surface area contributed by atoms with E-state index in [0.717, 1.165) is 16.3 Å². The number of thioether (sulfide) groups is 1. The molecular weight excluding hydrogens is 300 g/mol. The molecule has 2 heterocycles. The molecule has 0 aliphatic carbocycles. The second kappa shape index (κ2) is 6.24. The Balaban J connectivity index is 2.12. The van der Waals surface area contributed by atoms with Gasteiger partial charge in [0.15, 0.2) is 0 Å². The van der Waals surface area contributed by atoms with Crippen LogP contribution in [0.15, 0.2) is 6.20 Å². The number of rotatable bonds is 4. The highest BCUT2D eigenvalue weighted by Crippen LogP contribution is 2.35. The van der Waals surface area contributed by atoms with E-state index in [1.54, 1.807) is 18.0 Å². The number of nitrogens with two attached hydrogens (primary N) is 1. The van der Waals surface area contributed by atoms with Gasteiger partial charge in [-0.3, -0.25) is 0 Å². The van der Waals surface area contributed by atoms with Crippen molar-refractivity contribution in [2.45, 2.75) is 38.1 Å². The summed E-state index contributed by atoms with van der Waals surface area (Å²) in [6.45, 7) is 4.67. The number of halogens is 1. The highest BCUT2D eigenvalue weighted by atomic mass is 35.5. The number of aryl methyl sites for hydroxylation is 1. The Morgan fingerprint density at radius 2 is 2.32 bits per heavy atom. The average molecular weight is 317 g/mol. The standard InChI is InChI=1S/C12H17ClN4S2/c1-7-10(3-4-13)19-12(18)17(7)6-9-5-15-8(2)16-11(9)14/h5,7,10H,3-4,6H2,1-2H3,(H2,14,15,16). The molecule has 0 amide bonds. The molecule has 1 aliphatic rings. The summed E-state index contributed by atoms with van der Waals surface area (Å²) in [7, 11) is 0. The van der Waals surface area contributed by atoms with Crippen LogP contribution in [0.5, 0.6) is 0 Å². The van der Waals surface area contributed by atoms with Crippen molar-refractivity contribution in [2.75, 3.05) is 11.6 Å². The van der Waals surface area contributed by atoms with E-state index in [2.05, 4.69) is 21.8 Å². The van der Waals surface area contributed by atoms with E-state index in [0.29, 0.717) is 35.4 Å². The lowest BCUT2D eigenvalue weighted by Gasteiger charge is -2.25. The van der Waals surface area contributed by atoms with Crippen LogP contribution in [-0.2, 0) is 6.54 Å². The number of hydrogen-bond donors (Lipinski definition) is 1. The molecule has 0 radical (unpaired) electrons. The van der Waals surface area contributed by atoms with Gasteiger partial charge in [-0.2, -0.15) is 0 Å². The fourth-order valence-corrected chi connectivity index (χ4v) is 4.27. The minimum atomic E-state index is 0.358. The van der Waals surface area contributed by atoms with Crippen molar-refractivity contribution in [1.82, 2.24) is 14.9 Å². The number of alkyl halides is 1. The zero-order valence-corrected chi connectivity index (χ0v) is 13.4. The van der Waals surface area contributed by atoms with Crippen LogP contribution in [0.4, 0.5) is 5.82 Å². The normalized spacial score (nSPS) is 23.1. The molecule has 19 heavy (non-hydrogen) atoms. The molecule has 0 bridgehead atoms. The number of nitrogen functional groups attached to an aromatic ring is 1. The molecule has 7 heteroatoms. The van der Waals surface area contributed by atoms with Crippen LogP contribution in [-0.4, -0.2) is 36.4 Å². The molecule has 1 aromatic heterocycles. The lowest BCUT2D eigenvalue weighted by atomic mass is 10.1. The van der Waals surface area contributed by atoms with Crippen molar-refractivity contribution in [3.8, 4) is 0 Å². The van der Waals surface area contributed by atoms with Gasteiger partial charge in [0.2, 0.25) is 0 Å². The summed E-state index contributed by atoms with van der Waals surface area (Å²) in [5.74, 6) is 1.88. The molecule has 2 N–H and O–H groups in total. The largest absolute Gasteiger partial charge is 0.383 e. The van der Waals surface area contributed by atoms with Gasteiger partial charge in [0.25, 0.3) is 0 Å². The summed E-state index contributed by atoms with van der Waals surface area (Å²) >= 11 is 13.0. The van der Waals surface area contributed by atoms with Crippen molar-refractivity contribution < 1.29 is 0 Å². The highest BCUT2D eigenvalue weighted by Gasteiger charge is 2.34. The summed E-state index contributed by atoms with van der Waals surface area (Å²) < 4.78 is 0.905. The molecule has 1 aromatic rings. The van der Waals surface area contributed by atoms with Crippen molar-refractivity contribution in [2.24, 2.45) is 0 Å². The maximum atomic E-state index is 5.93. The third-order valence-corrected chi connectivity index (χ3v) is 5.38. The van der Waals surface area contributed by atoms with E-state index in [4.69, 9.17) is 29.6 Å². The van der Waals surface area contributed by atoms with Gasteiger partial charge in [-0.05, 0) is 20.3 Å². The number of hydrogen-bond acceptors (Lipinski definition) is 5. The molecule has 0 spiro atoms. The zero-order valence-electron chi connectivity index (χ0n) is 11.0. The van der Waals surface area contributed by atoms with Gasteiger partial charge in [-0.15, -0.1) is 11.6 Å². The van der Waals surface area contributed by atoms with E-state index >= 15 is 0 Å². The second-order valence-corrected chi connectivity index (χ2v) is 6.85. The smallest absolute Gasteiger partial charge is 0.137 e. The first-order valence-electron chi connectivity index (χ1n) is 6.14. The van der Waals surface area contributed by atoms with Crippen molar-refractivity contribution in [3.63, 3.8) is 0 Å². The zero-order chi connectivity index (χ0) is 14.0. The van der Waals surface area contributed by atoms with Crippen LogP contribution >= 0.6 is 35.6 Å². The van der Waals surface area contributed by atoms with Gasteiger partial charge >= 0.3 is 0 Å². The number of nitrogens with zero attached hydrogens (tertiary/aromatic N) is 3. The first-order chi connectivity index (χ1) is 9.02. The van der Waals surface area contributed by atoms with Gasteiger partial charge in [-0.1, -0.05) is 24.0 Å². The Labute approximate surface area is 128 Å². The first-order valence-corrected chi connectivity index (χ1v) is 7.96. The van der Waals surface area contributed by atoms with Crippen LogP contribution < -0.4 is 5.73 Å². The molecule has 104 valence electrons. The summed E-state index contributed by atoms with van der Waals surface area (Å²) in [5, 5.41) is 0.456. The molecule has 4 nitrogen and oxygen atoms in total. The fourth-order valence-electron chi connectivity index (χ4n) is 2.10. The van der Waals surface area contributed by atoms with Crippen LogP contribution in [0.1, 0.15) is 24.7 Å². The molecule has 2 rings (SSSR count). The summed E-state index contributed by atoms with van der Waals surface area (Å²) in [6, 6.07) is 0.358. The number of aromatic nitrogens is 2. The van der Waals surface area contributed by atoms with Gasteiger partial charge in [0, 0.05) is 35.5 Å². The summed E-state index contributed by atoms with van der Waals surface area (Å²) in [5.41, 5.74) is 6.86. The minimum Gasteiger partial charge on any atom is -0.383 e. The first kappa shape index (κ1) is 14.8. The summed E-state index contributed by atoms with van der Waals surface area (Å²) in [4.78, 5) is 10.6.